The van der Waals surface area contributed by atoms with Crippen molar-refractivity contribution in [1.29, 1.82) is 0 Å². The molecule has 0 radical (unpaired) electrons. The maximum atomic E-state index is 5.78. The van der Waals surface area contributed by atoms with Gasteiger partial charge in [0, 0.05) is 22.0 Å². The molecule has 16 heavy (non-hydrogen) atoms. The van der Waals surface area contributed by atoms with Gasteiger partial charge in [0.1, 0.15) is 10.4 Å². The third-order valence-electron chi connectivity index (χ3n) is 2.58. The monoisotopic (exact) mass is 251 g/mol. The second-order valence-corrected chi connectivity index (χ2v) is 6.21. The molecule has 2 heterocycles. The highest BCUT2D eigenvalue weighted by Gasteiger charge is 2.29. The maximum Gasteiger partial charge on any atom is 0.126 e. The minimum Gasteiger partial charge on any atom is -0.399 e. The highest BCUT2D eigenvalue weighted by atomic mass is 32.2. The van der Waals surface area contributed by atoms with E-state index in [0.29, 0.717) is 6.04 Å². The van der Waals surface area contributed by atoms with E-state index in [1.165, 1.54) is 15.6 Å². The first-order valence-electron chi connectivity index (χ1n) is 5.25. The van der Waals surface area contributed by atoms with Gasteiger partial charge >= 0.3 is 0 Å². The molecule has 0 aromatic heterocycles. The van der Waals surface area contributed by atoms with Gasteiger partial charge in [0.25, 0.3) is 0 Å². The summed E-state index contributed by atoms with van der Waals surface area (Å²) in [6.45, 7) is 2.16. The molecule has 3 rings (SSSR count). The molecular weight excluding hydrogens is 238 g/mol. The standard InChI is InChI=1S/C11H13N3S2/c1-6-5-15-10(13-6)11-14-8-3-2-7(12)4-9(8)16-11/h2-4,6,11,14H,5,12H2,1H3. The molecule has 84 valence electrons. The van der Waals surface area contributed by atoms with E-state index >= 15 is 0 Å². The molecule has 0 saturated heterocycles. The number of benzene rings is 1. The number of hydrogen-bond acceptors (Lipinski definition) is 5. The number of rotatable bonds is 1. The van der Waals surface area contributed by atoms with Crippen LogP contribution in [0.25, 0.3) is 0 Å². The van der Waals surface area contributed by atoms with Crippen molar-refractivity contribution in [3.05, 3.63) is 18.2 Å². The van der Waals surface area contributed by atoms with Crippen molar-refractivity contribution in [2.75, 3.05) is 16.8 Å². The normalized spacial score (nSPS) is 27.4. The number of aliphatic imine (C=N–C) groups is 1. The van der Waals surface area contributed by atoms with Crippen LogP contribution >= 0.6 is 23.5 Å². The first kappa shape index (κ1) is 10.4. The largest absolute Gasteiger partial charge is 0.399 e. The molecule has 2 aliphatic heterocycles. The van der Waals surface area contributed by atoms with E-state index in [1.807, 2.05) is 30.0 Å². The number of nitrogens with one attached hydrogen (secondary N) is 1. The summed E-state index contributed by atoms with van der Waals surface area (Å²) in [6.07, 6.45) is 0. The van der Waals surface area contributed by atoms with Gasteiger partial charge < -0.3 is 11.1 Å². The van der Waals surface area contributed by atoms with Crippen molar-refractivity contribution in [2.24, 2.45) is 4.99 Å². The molecular formula is C11H13N3S2. The van der Waals surface area contributed by atoms with Crippen LogP contribution in [0, 0.1) is 0 Å². The van der Waals surface area contributed by atoms with Crippen molar-refractivity contribution in [2.45, 2.75) is 23.2 Å². The second-order valence-electron chi connectivity index (χ2n) is 4.03. The second kappa shape index (κ2) is 3.89. The summed E-state index contributed by atoms with van der Waals surface area (Å²) in [4.78, 5) is 5.87. The number of hydrogen-bond donors (Lipinski definition) is 2. The van der Waals surface area contributed by atoms with Crippen molar-refractivity contribution >= 4 is 39.9 Å². The van der Waals surface area contributed by atoms with Crippen molar-refractivity contribution in [1.82, 2.24) is 0 Å². The molecule has 2 aliphatic rings. The van der Waals surface area contributed by atoms with Crippen molar-refractivity contribution in [3.8, 4) is 0 Å². The average Bonchev–Trinajstić information content (AvgIpc) is 2.83. The smallest absolute Gasteiger partial charge is 0.126 e. The van der Waals surface area contributed by atoms with Crippen LogP contribution in [0.4, 0.5) is 11.4 Å². The molecule has 2 unspecified atom stereocenters. The topological polar surface area (TPSA) is 50.4 Å². The van der Waals surface area contributed by atoms with Crippen molar-refractivity contribution in [3.63, 3.8) is 0 Å². The lowest BCUT2D eigenvalue weighted by Crippen LogP contribution is -2.18. The number of fused-ring (bicyclic) bond motifs is 1. The molecule has 1 aromatic rings. The third-order valence-corrected chi connectivity index (χ3v) is 5.19. The van der Waals surface area contributed by atoms with E-state index < -0.39 is 0 Å². The summed E-state index contributed by atoms with van der Waals surface area (Å²) < 4.78 is 0. The molecule has 2 atom stereocenters. The van der Waals surface area contributed by atoms with Crippen LogP contribution < -0.4 is 11.1 Å². The fourth-order valence-electron chi connectivity index (χ4n) is 1.81. The molecule has 3 nitrogen and oxygen atoms in total. The Morgan fingerprint density at radius 2 is 2.38 bits per heavy atom. The van der Waals surface area contributed by atoms with Crippen LogP contribution in [-0.2, 0) is 0 Å². The Labute approximate surface area is 103 Å². The Morgan fingerprint density at radius 3 is 3.12 bits per heavy atom. The lowest BCUT2D eigenvalue weighted by molar-refractivity contribution is 0.863. The molecule has 0 saturated carbocycles. The van der Waals surface area contributed by atoms with Crippen LogP contribution in [0.15, 0.2) is 28.1 Å². The lowest BCUT2D eigenvalue weighted by Gasteiger charge is -2.08. The van der Waals surface area contributed by atoms with Gasteiger partial charge in [-0.25, -0.2) is 0 Å². The van der Waals surface area contributed by atoms with E-state index in [9.17, 15) is 0 Å². The van der Waals surface area contributed by atoms with Crippen LogP contribution in [-0.4, -0.2) is 22.2 Å². The minimum absolute atomic E-state index is 0.284. The maximum absolute atomic E-state index is 5.78. The predicted octanol–water partition coefficient (Wildman–Crippen LogP) is 2.65. The Bertz CT molecular complexity index is 459. The Kier molecular flexibility index (Phi) is 2.52. The summed E-state index contributed by atoms with van der Waals surface area (Å²) in [5.41, 5.74) is 7.77. The first-order valence-corrected chi connectivity index (χ1v) is 7.12. The van der Waals surface area contributed by atoms with Gasteiger partial charge in [-0.05, 0) is 25.1 Å². The fraction of sp³-hybridized carbons (Fsp3) is 0.364. The molecule has 0 bridgehead atoms. The van der Waals surface area contributed by atoms with Crippen molar-refractivity contribution < 1.29 is 0 Å². The molecule has 5 heteroatoms. The van der Waals surface area contributed by atoms with E-state index in [0.717, 1.165) is 11.4 Å². The van der Waals surface area contributed by atoms with E-state index in [4.69, 9.17) is 5.73 Å². The van der Waals surface area contributed by atoms with Crippen LogP contribution in [0.3, 0.4) is 0 Å². The predicted molar refractivity (Wildman–Crippen MR) is 73.5 cm³/mol. The van der Waals surface area contributed by atoms with Gasteiger partial charge in [-0.1, -0.05) is 11.8 Å². The summed E-state index contributed by atoms with van der Waals surface area (Å²) in [7, 11) is 0. The molecule has 0 amide bonds. The van der Waals surface area contributed by atoms with Gasteiger partial charge in [0.05, 0.1) is 6.04 Å². The fourth-order valence-corrected chi connectivity index (χ4v) is 4.17. The van der Waals surface area contributed by atoms with Gasteiger partial charge in [0.15, 0.2) is 0 Å². The van der Waals surface area contributed by atoms with Crippen LogP contribution in [0.2, 0.25) is 0 Å². The van der Waals surface area contributed by atoms with E-state index in [-0.39, 0.29) is 5.37 Å². The summed E-state index contributed by atoms with van der Waals surface area (Å²) >= 11 is 3.66. The summed E-state index contributed by atoms with van der Waals surface area (Å²) in [5.74, 6) is 1.10. The zero-order chi connectivity index (χ0) is 11.1. The summed E-state index contributed by atoms with van der Waals surface area (Å²) in [5, 5.41) is 4.98. The quantitative estimate of drug-likeness (QED) is 0.753. The number of anilines is 2. The van der Waals surface area contributed by atoms with Gasteiger partial charge in [0.2, 0.25) is 0 Å². The van der Waals surface area contributed by atoms with Gasteiger partial charge in [-0.15, -0.1) is 11.8 Å². The molecule has 1 aromatic carbocycles. The third kappa shape index (κ3) is 1.78. The number of nitrogens with two attached hydrogens (primary N) is 1. The van der Waals surface area contributed by atoms with Gasteiger partial charge in [-0.2, -0.15) is 0 Å². The highest BCUT2D eigenvalue weighted by Crippen LogP contribution is 2.42. The zero-order valence-electron chi connectivity index (χ0n) is 8.93. The van der Waals surface area contributed by atoms with E-state index in [2.05, 4.69) is 17.2 Å². The van der Waals surface area contributed by atoms with Crippen LogP contribution in [0.1, 0.15) is 6.92 Å². The SMILES string of the molecule is CC1CSC(C2Nc3ccc(N)cc3S2)=N1. The average molecular weight is 251 g/mol. The Hall–Kier alpha value is -0.810. The number of nitrogen functional groups attached to an aromatic ring is 1. The molecule has 3 N–H and O–H groups in total. The molecule has 0 aliphatic carbocycles. The number of nitrogens with zero attached hydrogens (tertiary/aromatic N) is 1. The lowest BCUT2D eigenvalue weighted by atomic mass is 10.3. The van der Waals surface area contributed by atoms with Gasteiger partial charge in [-0.3, -0.25) is 4.99 Å². The minimum atomic E-state index is 0.284. The molecule has 0 spiro atoms. The highest BCUT2D eigenvalue weighted by molar-refractivity contribution is 8.16. The zero-order valence-corrected chi connectivity index (χ0v) is 10.6. The Morgan fingerprint density at radius 1 is 1.50 bits per heavy atom. The summed E-state index contributed by atoms with van der Waals surface area (Å²) in [6, 6.07) is 6.45. The Balaban J connectivity index is 1.83. The number of thioether (sulfide) groups is 2. The van der Waals surface area contributed by atoms with Crippen LogP contribution in [0.5, 0.6) is 0 Å². The first-order chi connectivity index (χ1) is 7.72. The molecule has 0 fully saturated rings. The van der Waals surface area contributed by atoms with E-state index in [1.54, 1.807) is 11.8 Å².